The van der Waals surface area contributed by atoms with Gasteiger partial charge in [0.1, 0.15) is 15.8 Å². The Morgan fingerprint density at radius 1 is 1.12 bits per heavy atom. The second kappa shape index (κ2) is 8.01. The molecule has 0 aliphatic carbocycles. The molecule has 0 spiro atoms. The van der Waals surface area contributed by atoms with Crippen molar-refractivity contribution in [3.8, 4) is 11.4 Å². The van der Waals surface area contributed by atoms with E-state index in [-0.39, 0.29) is 5.91 Å². The minimum atomic E-state index is -0.112. The maximum Gasteiger partial charge on any atom is 0.251 e. The number of rotatable bonds is 6. The number of nitrogens with zero attached hydrogens (tertiary/aromatic N) is 4. The second-order valence-corrected chi connectivity index (χ2v) is 7.03. The quantitative estimate of drug-likeness (QED) is 0.695. The summed E-state index contributed by atoms with van der Waals surface area (Å²) in [5.74, 6) is 1.29. The van der Waals surface area contributed by atoms with E-state index in [9.17, 15) is 4.79 Å². The van der Waals surface area contributed by atoms with E-state index < -0.39 is 0 Å². The number of amides is 1. The molecule has 0 saturated carbocycles. The van der Waals surface area contributed by atoms with Crippen LogP contribution in [0.5, 0.6) is 0 Å². The van der Waals surface area contributed by atoms with E-state index in [1.165, 1.54) is 0 Å². The molecular weight excluding hydrogens is 348 g/mol. The van der Waals surface area contributed by atoms with Crippen LogP contribution in [-0.4, -0.2) is 39.7 Å². The molecule has 1 amide bonds. The molecule has 3 rings (SSSR count). The van der Waals surface area contributed by atoms with Gasteiger partial charge in [-0.1, -0.05) is 12.1 Å². The molecular formula is C18H20N6OS. The fourth-order valence-corrected chi connectivity index (χ4v) is 3.13. The number of benzene rings is 1. The first-order valence-corrected chi connectivity index (χ1v) is 9.08. The third-order valence-corrected chi connectivity index (χ3v) is 4.61. The molecule has 26 heavy (non-hydrogen) atoms. The highest BCUT2D eigenvalue weighted by molar-refractivity contribution is 7.11. The molecule has 0 bridgehead atoms. The molecule has 0 radical (unpaired) electrons. The number of nitrogens with one attached hydrogen (secondary N) is 2. The van der Waals surface area contributed by atoms with Gasteiger partial charge < -0.3 is 10.6 Å². The van der Waals surface area contributed by atoms with Crippen LogP contribution in [0.25, 0.3) is 11.4 Å². The lowest BCUT2D eigenvalue weighted by molar-refractivity contribution is 0.0954. The number of aromatic nitrogens is 4. The van der Waals surface area contributed by atoms with Crippen molar-refractivity contribution in [2.24, 2.45) is 0 Å². The van der Waals surface area contributed by atoms with E-state index in [1.807, 2.05) is 39.1 Å². The topological polar surface area (TPSA) is 92.7 Å². The average Bonchev–Trinajstić information content (AvgIpc) is 3.06. The van der Waals surface area contributed by atoms with Crippen molar-refractivity contribution in [3.63, 3.8) is 0 Å². The normalized spacial score (nSPS) is 10.6. The van der Waals surface area contributed by atoms with Gasteiger partial charge >= 0.3 is 0 Å². The van der Waals surface area contributed by atoms with Crippen molar-refractivity contribution in [2.45, 2.75) is 20.3 Å². The van der Waals surface area contributed by atoms with E-state index in [4.69, 9.17) is 0 Å². The van der Waals surface area contributed by atoms with Crippen LogP contribution in [0.3, 0.4) is 0 Å². The molecule has 2 heterocycles. The van der Waals surface area contributed by atoms with Gasteiger partial charge in [0.05, 0.1) is 0 Å². The first-order valence-electron chi connectivity index (χ1n) is 8.26. The summed E-state index contributed by atoms with van der Waals surface area (Å²) >= 11 is 1.55. The third-order valence-electron chi connectivity index (χ3n) is 3.71. The van der Waals surface area contributed by atoms with Gasteiger partial charge in [0.25, 0.3) is 5.91 Å². The maximum atomic E-state index is 12.3. The van der Waals surface area contributed by atoms with E-state index in [2.05, 4.69) is 30.8 Å². The summed E-state index contributed by atoms with van der Waals surface area (Å²) in [6, 6.07) is 9.16. The van der Waals surface area contributed by atoms with Crippen LogP contribution >= 0.6 is 11.3 Å². The van der Waals surface area contributed by atoms with Gasteiger partial charge in [-0.15, -0.1) is 21.5 Å². The van der Waals surface area contributed by atoms with Crippen molar-refractivity contribution in [3.05, 3.63) is 51.6 Å². The fraction of sp³-hybridized carbons (Fsp3) is 0.278. The lowest BCUT2D eigenvalue weighted by Crippen LogP contribution is -2.25. The summed E-state index contributed by atoms with van der Waals surface area (Å²) in [5, 5.41) is 15.8. The van der Waals surface area contributed by atoms with Crippen LogP contribution < -0.4 is 10.6 Å². The van der Waals surface area contributed by atoms with Crippen LogP contribution in [0.15, 0.2) is 30.3 Å². The van der Waals surface area contributed by atoms with Gasteiger partial charge in [0.15, 0.2) is 5.82 Å². The largest absolute Gasteiger partial charge is 0.373 e. The van der Waals surface area contributed by atoms with Gasteiger partial charge in [-0.2, -0.15) is 0 Å². The number of carbonyl (C=O) groups excluding carboxylic acids is 1. The van der Waals surface area contributed by atoms with Crippen molar-refractivity contribution in [2.75, 3.05) is 18.9 Å². The summed E-state index contributed by atoms with van der Waals surface area (Å²) in [5.41, 5.74) is 2.35. The molecule has 8 heteroatoms. The van der Waals surface area contributed by atoms with Crippen LogP contribution in [0.1, 0.15) is 26.1 Å². The van der Waals surface area contributed by atoms with E-state index in [0.717, 1.165) is 27.1 Å². The van der Waals surface area contributed by atoms with E-state index in [0.29, 0.717) is 24.4 Å². The highest BCUT2D eigenvalue weighted by Gasteiger charge is 2.09. The Bertz CT molecular complexity index is 906. The Morgan fingerprint density at radius 2 is 1.88 bits per heavy atom. The molecule has 0 unspecified atom stereocenters. The summed E-state index contributed by atoms with van der Waals surface area (Å²) < 4.78 is 0. The Hall–Kier alpha value is -2.87. The van der Waals surface area contributed by atoms with Crippen molar-refractivity contribution in [1.82, 2.24) is 25.5 Å². The average molecular weight is 368 g/mol. The van der Waals surface area contributed by atoms with Crippen molar-refractivity contribution >= 4 is 23.1 Å². The predicted octanol–water partition coefficient (Wildman–Crippen LogP) is 2.63. The number of carbonyl (C=O) groups is 1. The zero-order valence-corrected chi connectivity index (χ0v) is 15.7. The molecule has 0 aliphatic heterocycles. The lowest BCUT2D eigenvalue weighted by atomic mass is 10.1. The monoisotopic (exact) mass is 368 g/mol. The van der Waals surface area contributed by atoms with Crippen LogP contribution in [0.2, 0.25) is 0 Å². The molecule has 1 aromatic carbocycles. The molecule has 0 saturated heterocycles. The fourth-order valence-electron chi connectivity index (χ4n) is 2.42. The summed E-state index contributed by atoms with van der Waals surface area (Å²) in [4.78, 5) is 21.2. The predicted molar refractivity (Wildman–Crippen MR) is 102 cm³/mol. The number of aryl methyl sites for hydroxylation is 2. The minimum Gasteiger partial charge on any atom is -0.373 e. The van der Waals surface area contributed by atoms with Crippen LogP contribution in [0.4, 0.5) is 5.82 Å². The second-order valence-electron chi connectivity index (χ2n) is 5.77. The molecule has 3 aromatic rings. The molecule has 2 N–H and O–H groups in total. The number of hydrogen-bond acceptors (Lipinski definition) is 7. The van der Waals surface area contributed by atoms with Gasteiger partial charge in [-0.05, 0) is 26.0 Å². The molecule has 0 aliphatic rings. The SMILES string of the molecule is CNc1cc(C)nc(-c2ccc(C(=O)NCCc3nnc(C)s3)cc2)n1. The Labute approximate surface area is 155 Å². The molecule has 134 valence electrons. The molecule has 0 fully saturated rings. The number of hydrogen-bond donors (Lipinski definition) is 2. The standard InChI is InChI=1S/C18H20N6OS/c1-11-10-15(19-3)22-17(21-11)13-4-6-14(7-5-13)18(25)20-9-8-16-24-23-12(2)26-16/h4-7,10H,8-9H2,1-3H3,(H,20,25)(H,19,21,22). The highest BCUT2D eigenvalue weighted by atomic mass is 32.1. The van der Waals surface area contributed by atoms with E-state index in [1.54, 1.807) is 23.5 Å². The Morgan fingerprint density at radius 3 is 2.54 bits per heavy atom. The Balaban J connectivity index is 1.63. The van der Waals surface area contributed by atoms with Crippen LogP contribution in [0, 0.1) is 13.8 Å². The highest BCUT2D eigenvalue weighted by Crippen LogP contribution is 2.18. The molecule has 2 aromatic heterocycles. The lowest BCUT2D eigenvalue weighted by Gasteiger charge is -2.07. The van der Waals surface area contributed by atoms with Gasteiger partial charge in [-0.3, -0.25) is 4.79 Å². The minimum absolute atomic E-state index is 0.112. The maximum absolute atomic E-state index is 12.3. The van der Waals surface area contributed by atoms with Crippen LogP contribution in [-0.2, 0) is 6.42 Å². The number of anilines is 1. The van der Waals surface area contributed by atoms with E-state index >= 15 is 0 Å². The first-order chi connectivity index (χ1) is 12.5. The third kappa shape index (κ3) is 4.40. The van der Waals surface area contributed by atoms with Gasteiger partial charge in [0, 0.05) is 42.9 Å². The Kier molecular flexibility index (Phi) is 5.52. The molecule has 7 nitrogen and oxygen atoms in total. The van der Waals surface area contributed by atoms with Crippen molar-refractivity contribution in [1.29, 1.82) is 0 Å². The van der Waals surface area contributed by atoms with Gasteiger partial charge in [0.2, 0.25) is 0 Å². The molecule has 0 atom stereocenters. The zero-order valence-electron chi connectivity index (χ0n) is 14.9. The summed E-state index contributed by atoms with van der Waals surface area (Å²) in [6.07, 6.45) is 0.680. The zero-order chi connectivity index (χ0) is 18.5. The smallest absolute Gasteiger partial charge is 0.251 e. The first kappa shape index (κ1) is 17.9. The van der Waals surface area contributed by atoms with Crippen molar-refractivity contribution < 1.29 is 4.79 Å². The summed E-state index contributed by atoms with van der Waals surface area (Å²) in [6.45, 7) is 4.37. The summed E-state index contributed by atoms with van der Waals surface area (Å²) in [7, 11) is 1.82. The van der Waals surface area contributed by atoms with Gasteiger partial charge in [-0.25, -0.2) is 9.97 Å².